The first-order valence-corrected chi connectivity index (χ1v) is 12.1. The van der Waals surface area contributed by atoms with Crippen molar-refractivity contribution < 1.29 is 35.5 Å². The molecule has 0 aliphatic heterocycles. The van der Waals surface area contributed by atoms with E-state index < -0.39 is 33.5 Å². The third-order valence-corrected chi connectivity index (χ3v) is 6.38. The fourth-order valence-corrected chi connectivity index (χ4v) is 4.24. The van der Waals surface area contributed by atoms with Gasteiger partial charge in [-0.3, -0.25) is 9.10 Å². The molecule has 0 unspecified atom stereocenters. The van der Waals surface area contributed by atoms with Gasteiger partial charge in [0.1, 0.15) is 11.6 Å². The minimum absolute atomic E-state index is 0.0156. The highest BCUT2D eigenvalue weighted by molar-refractivity contribution is 7.92. The highest BCUT2D eigenvalue weighted by atomic mass is 35.5. The summed E-state index contributed by atoms with van der Waals surface area (Å²) in [5.74, 6) is -1.07. The van der Waals surface area contributed by atoms with Crippen LogP contribution in [0, 0.1) is 5.82 Å². The molecular weight excluding hydrogens is 512 g/mol. The van der Waals surface area contributed by atoms with Crippen LogP contribution in [0.1, 0.15) is 21.5 Å². The summed E-state index contributed by atoms with van der Waals surface area (Å²) in [6, 6.07) is 11.4. The quantitative estimate of drug-likeness (QED) is 0.396. The number of nitrogens with zero attached hydrogens (tertiary/aromatic N) is 1. The Bertz CT molecular complexity index is 1350. The number of nitrogens with one attached hydrogen (secondary N) is 1. The molecule has 0 heterocycles. The minimum Gasteiger partial charge on any atom is -0.496 e. The molecule has 1 N–H and O–H groups in total. The van der Waals surface area contributed by atoms with E-state index in [9.17, 15) is 30.8 Å². The lowest BCUT2D eigenvalue weighted by atomic mass is 10.1. The third kappa shape index (κ3) is 6.43. The SMILES string of the molecule is COc1ccc(C(=O)Nc2cc(C(F)(F)F)ccc2Cl)cc1CN(c1ccc(F)cc1)S(C)(=O)=O. The summed E-state index contributed by atoms with van der Waals surface area (Å²) in [4.78, 5) is 12.8. The minimum atomic E-state index is -4.63. The van der Waals surface area contributed by atoms with Crippen LogP contribution in [-0.4, -0.2) is 27.7 Å². The van der Waals surface area contributed by atoms with E-state index in [0.717, 1.165) is 34.8 Å². The van der Waals surface area contributed by atoms with Crippen LogP contribution in [0.5, 0.6) is 5.75 Å². The van der Waals surface area contributed by atoms with Crippen molar-refractivity contribution in [3.63, 3.8) is 0 Å². The zero-order valence-electron chi connectivity index (χ0n) is 18.4. The topological polar surface area (TPSA) is 75.7 Å². The highest BCUT2D eigenvalue weighted by Gasteiger charge is 2.31. The zero-order chi connectivity index (χ0) is 26.0. The number of methoxy groups -OCH3 is 1. The van der Waals surface area contributed by atoms with Gasteiger partial charge in [0.05, 0.1) is 41.9 Å². The van der Waals surface area contributed by atoms with E-state index >= 15 is 0 Å². The number of benzene rings is 3. The Hall–Kier alpha value is -3.31. The number of hydrogen-bond donors (Lipinski definition) is 1. The van der Waals surface area contributed by atoms with Crippen LogP contribution in [0.3, 0.4) is 0 Å². The number of sulfonamides is 1. The molecular formula is C23H19ClF4N2O4S. The molecule has 0 saturated heterocycles. The third-order valence-electron chi connectivity index (χ3n) is 4.91. The normalized spacial score (nSPS) is 11.7. The highest BCUT2D eigenvalue weighted by Crippen LogP contribution is 2.34. The van der Waals surface area contributed by atoms with Gasteiger partial charge < -0.3 is 10.1 Å². The lowest BCUT2D eigenvalue weighted by Gasteiger charge is -2.24. The fraction of sp³-hybridized carbons (Fsp3) is 0.174. The summed E-state index contributed by atoms with van der Waals surface area (Å²) in [6.45, 7) is -0.265. The molecule has 0 radical (unpaired) electrons. The van der Waals surface area contributed by atoms with Gasteiger partial charge in [0.15, 0.2) is 0 Å². The summed E-state index contributed by atoms with van der Waals surface area (Å²) < 4.78 is 83.6. The van der Waals surface area contributed by atoms with Gasteiger partial charge in [-0.15, -0.1) is 0 Å². The van der Waals surface area contributed by atoms with Crippen molar-refractivity contribution in [1.82, 2.24) is 0 Å². The molecule has 0 aliphatic rings. The number of ether oxygens (including phenoxy) is 1. The lowest BCUT2D eigenvalue weighted by molar-refractivity contribution is -0.137. The number of hydrogen-bond acceptors (Lipinski definition) is 4. The summed E-state index contributed by atoms with van der Waals surface area (Å²) in [5.41, 5.74) is -0.753. The Morgan fingerprint density at radius 2 is 1.71 bits per heavy atom. The van der Waals surface area contributed by atoms with Crippen LogP contribution < -0.4 is 14.4 Å². The van der Waals surface area contributed by atoms with Crippen LogP contribution in [-0.2, 0) is 22.7 Å². The molecule has 0 atom stereocenters. The molecule has 1 amide bonds. The second-order valence-corrected chi connectivity index (χ2v) is 9.73. The van der Waals surface area contributed by atoms with E-state index in [1.165, 1.54) is 37.4 Å². The maximum Gasteiger partial charge on any atom is 0.416 e. The second-order valence-electron chi connectivity index (χ2n) is 7.42. The van der Waals surface area contributed by atoms with Gasteiger partial charge in [-0.1, -0.05) is 11.6 Å². The predicted octanol–water partition coefficient (Wildman–Crippen LogP) is 5.73. The van der Waals surface area contributed by atoms with Crippen molar-refractivity contribution >= 4 is 38.9 Å². The average Bonchev–Trinajstić information content (AvgIpc) is 2.78. The molecule has 12 heteroatoms. The maximum absolute atomic E-state index is 13.3. The molecule has 186 valence electrons. The first-order chi connectivity index (χ1) is 16.3. The molecule has 35 heavy (non-hydrogen) atoms. The van der Waals surface area contributed by atoms with Gasteiger partial charge >= 0.3 is 6.18 Å². The van der Waals surface area contributed by atoms with Gasteiger partial charge in [-0.05, 0) is 60.7 Å². The smallest absolute Gasteiger partial charge is 0.416 e. The monoisotopic (exact) mass is 530 g/mol. The Morgan fingerprint density at radius 3 is 2.29 bits per heavy atom. The van der Waals surface area contributed by atoms with Gasteiger partial charge in [0.25, 0.3) is 5.91 Å². The molecule has 0 bridgehead atoms. The summed E-state index contributed by atoms with van der Waals surface area (Å²) in [6.07, 6.45) is -3.66. The average molecular weight is 531 g/mol. The van der Waals surface area contributed by atoms with Crippen molar-refractivity contribution in [3.8, 4) is 5.75 Å². The van der Waals surface area contributed by atoms with Crippen molar-refractivity contribution in [2.24, 2.45) is 0 Å². The molecule has 3 rings (SSSR count). The molecule has 0 saturated carbocycles. The number of rotatable bonds is 7. The van der Waals surface area contributed by atoms with E-state index in [1.807, 2.05) is 0 Å². The number of halogens is 5. The van der Waals surface area contributed by atoms with Gasteiger partial charge in [-0.25, -0.2) is 12.8 Å². The van der Waals surface area contributed by atoms with Crippen LogP contribution in [0.15, 0.2) is 60.7 Å². The first-order valence-electron chi connectivity index (χ1n) is 9.88. The second kappa shape index (κ2) is 10.1. The Morgan fingerprint density at radius 1 is 1.06 bits per heavy atom. The molecule has 3 aromatic carbocycles. The predicted molar refractivity (Wildman–Crippen MR) is 125 cm³/mol. The summed E-state index contributed by atoms with van der Waals surface area (Å²) in [5, 5.41) is 2.24. The van der Waals surface area contributed by atoms with Gasteiger partial charge in [0, 0.05) is 11.1 Å². The van der Waals surface area contributed by atoms with Crippen molar-refractivity contribution in [2.75, 3.05) is 23.0 Å². The van der Waals surface area contributed by atoms with Crippen LogP contribution in [0.2, 0.25) is 5.02 Å². The number of amides is 1. The summed E-state index contributed by atoms with van der Waals surface area (Å²) >= 11 is 5.95. The standard InChI is InChI=1S/C23H19ClF4N2O4S/c1-34-21-10-3-14(22(31)29-20-12-16(23(26,27)28)4-9-19(20)24)11-15(21)13-30(35(2,32)33)18-7-5-17(25)6-8-18/h3-12H,13H2,1-2H3,(H,29,31). The van der Waals surface area contributed by atoms with Crippen LogP contribution in [0.4, 0.5) is 28.9 Å². The lowest BCUT2D eigenvalue weighted by Crippen LogP contribution is -2.29. The fourth-order valence-electron chi connectivity index (χ4n) is 3.20. The zero-order valence-corrected chi connectivity index (χ0v) is 19.9. The Kier molecular flexibility index (Phi) is 7.61. The maximum atomic E-state index is 13.3. The van der Waals surface area contributed by atoms with Crippen molar-refractivity contribution in [3.05, 3.63) is 88.2 Å². The van der Waals surface area contributed by atoms with Crippen molar-refractivity contribution in [1.29, 1.82) is 0 Å². The summed E-state index contributed by atoms with van der Waals surface area (Å²) in [7, 11) is -2.48. The van der Waals surface area contributed by atoms with E-state index in [4.69, 9.17) is 16.3 Å². The van der Waals surface area contributed by atoms with E-state index in [1.54, 1.807) is 0 Å². The molecule has 6 nitrogen and oxygen atoms in total. The molecule has 0 spiro atoms. The Balaban J connectivity index is 1.95. The van der Waals surface area contributed by atoms with Crippen LogP contribution in [0.25, 0.3) is 0 Å². The first kappa shape index (κ1) is 26.3. The largest absolute Gasteiger partial charge is 0.496 e. The van der Waals surface area contributed by atoms with E-state index in [-0.39, 0.29) is 39.8 Å². The Labute approximate surface area is 204 Å². The number of carbonyl (C=O) groups is 1. The number of carbonyl (C=O) groups excluding carboxylic acids is 1. The van der Waals surface area contributed by atoms with Crippen molar-refractivity contribution in [2.45, 2.75) is 12.7 Å². The molecule has 0 aromatic heterocycles. The number of alkyl halides is 3. The van der Waals surface area contributed by atoms with Gasteiger partial charge in [0.2, 0.25) is 10.0 Å². The molecule has 0 aliphatic carbocycles. The van der Waals surface area contributed by atoms with E-state index in [0.29, 0.717) is 6.07 Å². The van der Waals surface area contributed by atoms with Gasteiger partial charge in [-0.2, -0.15) is 13.2 Å². The molecule has 0 fully saturated rings. The van der Waals surface area contributed by atoms with E-state index in [2.05, 4.69) is 5.32 Å². The van der Waals surface area contributed by atoms with Crippen LogP contribution >= 0.6 is 11.6 Å². The number of anilines is 2. The molecule has 3 aromatic rings.